The first kappa shape index (κ1) is 26.2. The molecule has 1 aromatic heterocycles. The molecule has 1 N–H and O–H groups in total. The summed E-state index contributed by atoms with van der Waals surface area (Å²) in [7, 11) is 0. The molecule has 2 fully saturated rings. The third-order valence-electron chi connectivity index (χ3n) is 8.90. The molecule has 0 spiro atoms. The van der Waals surface area contributed by atoms with E-state index in [9.17, 15) is 9.59 Å². The van der Waals surface area contributed by atoms with Crippen molar-refractivity contribution in [2.24, 2.45) is 4.99 Å². The maximum atomic E-state index is 12.2. The Bertz CT molecular complexity index is 1480. The zero-order valence-electron chi connectivity index (χ0n) is 23.7. The third-order valence-corrected chi connectivity index (χ3v) is 8.90. The van der Waals surface area contributed by atoms with Gasteiger partial charge in [0.05, 0.1) is 24.0 Å². The van der Waals surface area contributed by atoms with Crippen molar-refractivity contribution in [1.29, 1.82) is 0 Å². The number of nitrogens with zero attached hydrogens (tertiary/aromatic N) is 4. The quantitative estimate of drug-likeness (QED) is 0.410. The van der Waals surface area contributed by atoms with Crippen LogP contribution in [0, 0.1) is 0 Å². The van der Waals surface area contributed by atoms with Gasteiger partial charge in [0.1, 0.15) is 5.82 Å². The fourth-order valence-corrected chi connectivity index (χ4v) is 6.82. The first-order chi connectivity index (χ1) is 19.3. The molecule has 2 saturated heterocycles. The second-order valence-electron chi connectivity index (χ2n) is 11.5. The number of carbonyl (C=O) groups excluding carboxylic acids is 2. The smallest absolute Gasteiger partial charge is 0.220 e. The first-order valence-electron chi connectivity index (χ1n) is 14.4. The fourth-order valence-electron chi connectivity index (χ4n) is 6.82. The highest BCUT2D eigenvalue weighted by atomic mass is 16.2. The maximum Gasteiger partial charge on any atom is 0.220 e. The molecule has 4 heterocycles. The molecule has 0 bridgehead atoms. The molecule has 7 nitrogen and oxygen atoms in total. The lowest BCUT2D eigenvalue weighted by molar-refractivity contribution is -0.132. The highest BCUT2D eigenvalue weighted by Crippen LogP contribution is 2.36. The SMILES string of the molecule is CC(=O)N1[C@H](C)CC[C@@H]1C1=NC=C(c2ccc(-c3ccc(-c4cnc([C@H]5CC[C@@H](C)N5C(C)=O)[nH]4)cc3)cc2)C1. The monoisotopic (exact) mass is 535 g/mol. The van der Waals surface area contributed by atoms with Crippen LogP contribution in [-0.4, -0.2) is 55.4 Å². The summed E-state index contributed by atoms with van der Waals surface area (Å²) in [5.74, 6) is 1.10. The number of aliphatic imine (C=N–C) groups is 1. The molecule has 6 rings (SSSR count). The molecule has 3 aromatic rings. The van der Waals surface area contributed by atoms with Gasteiger partial charge in [-0.1, -0.05) is 48.5 Å². The number of likely N-dealkylation sites (tertiary alicyclic amines) is 2. The molecule has 0 saturated carbocycles. The van der Waals surface area contributed by atoms with Gasteiger partial charge >= 0.3 is 0 Å². The summed E-state index contributed by atoms with van der Waals surface area (Å²) in [4.78, 5) is 41.1. The number of carbonyl (C=O) groups is 2. The number of benzene rings is 2. The van der Waals surface area contributed by atoms with E-state index in [0.717, 1.165) is 66.0 Å². The van der Waals surface area contributed by atoms with E-state index in [1.165, 1.54) is 11.1 Å². The zero-order valence-corrected chi connectivity index (χ0v) is 23.7. The molecule has 3 aliphatic heterocycles. The van der Waals surface area contributed by atoms with E-state index >= 15 is 0 Å². The largest absolute Gasteiger partial charge is 0.340 e. The summed E-state index contributed by atoms with van der Waals surface area (Å²) in [6.07, 6.45) is 8.60. The van der Waals surface area contributed by atoms with E-state index in [4.69, 9.17) is 4.99 Å². The highest BCUT2D eigenvalue weighted by molar-refractivity contribution is 6.03. The number of aromatic amines is 1. The molecular weight excluding hydrogens is 498 g/mol. The molecule has 4 atom stereocenters. The Hall–Kier alpha value is -4.00. The second-order valence-corrected chi connectivity index (χ2v) is 11.5. The number of hydrogen-bond acceptors (Lipinski definition) is 4. The maximum absolute atomic E-state index is 12.2. The first-order valence-corrected chi connectivity index (χ1v) is 14.4. The van der Waals surface area contributed by atoms with E-state index < -0.39 is 0 Å². The standard InChI is InChI=1S/C33H37N5O2/c1-20-5-15-31(37(20)22(3)39)29-17-28(18-34-29)26-9-7-24(8-10-26)25-11-13-27(14-12-25)30-19-35-33(36-30)32-16-6-21(2)38(32)23(4)40/h7-14,18-21,31-32H,5-6,15-17H2,1-4H3,(H,35,36)/t20-,21-,31-,32-/m1/s1. The number of aromatic nitrogens is 2. The molecule has 40 heavy (non-hydrogen) atoms. The van der Waals surface area contributed by atoms with Crippen LogP contribution in [0.1, 0.15) is 77.2 Å². The fraction of sp³-hybridized carbons (Fsp3) is 0.394. The van der Waals surface area contributed by atoms with Gasteiger partial charge in [-0.05, 0) is 67.4 Å². The Morgan fingerprint density at radius 3 is 1.88 bits per heavy atom. The van der Waals surface area contributed by atoms with Crippen LogP contribution in [0.4, 0.5) is 0 Å². The average molecular weight is 536 g/mol. The van der Waals surface area contributed by atoms with Gasteiger partial charge in [0, 0.05) is 44.3 Å². The molecular formula is C33H37N5O2. The Kier molecular flexibility index (Phi) is 6.90. The van der Waals surface area contributed by atoms with E-state index in [1.54, 1.807) is 13.8 Å². The van der Waals surface area contributed by atoms with Crippen molar-refractivity contribution >= 4 is 23.1 Å². The minimum Gasteiger partial charge on any atom is -0.340 e. The highest BCUT2D eigenvalue weighted by Gasteiger charge is 2.37. The van der Waals surface area contributed by atoms with Gasteiger partial charge in [0.2, 0.25) is 11.8 Å². The summed E-state index contributed by atoms with van der Waals surface area (Å²) in [5, 5.41) is 0. The Labute approximate surface area is 236 Å². The van der Waals surface area contributed by atoms with Crippen molar-refractivity contribution < 1.29 is 9.59 Å². The molecule has 0 unspecified atom stereocenters. The number of allylic oxidation sites excluding steroid dienone is 1. The van der Waals surface area contributed by atoms with Crippen LogP contribution in [0.2, 0.25) is 0 Å². The summed E-state index contributed by atoms with van der Waals surface area (Å²) < 4.78 is 0. The summed E-state index contributed by atoms with van der Waals surface area (Å²) in [6, 6.07) is 17.8. The van der Waals surface area contributed by atoms with Crippen LogP contribution >= 0.6 is 0 Å². The normalized spacial score (nSPS) is 24.4. The van der Waals surface area contributed by atoms with Gasteiger partial charge < -0.3 is 14.8 Å². The van der Waals surface area contributed by atoms with Crippen molar-refractivity contribution in [1.82, 2.24) is 19.8 Å². The van der Waals surface area contributed by atoms with Gasteiger partial charge in [0.25, 0.3) is 0 Å². The summed E-state index contributed by atoms with van der Waals surface area (Å²) >= 11 is 0. The van der Waals surface area contributed by atoms with Crippen LogP contribution in [-0.2, 0) is 9.59 Å². The Morgan fingerprint density at radius 2 is 1.27 bits per heavy atom. The zero-order chi connectivity index (χ0) is 28.0. The van der Waals surface area contributed by atoms with E-state index in [0.29, 0.717) is 0 Å². The van der Waals surface area contributed by atoms with Crippen molar-refractivity contribution in [3.8, 4) is 22.4 Å². The minimum atomic E-state index is 0.0188. The predicted octanol–water partition coefficient (Wildman–Crippen LogP) is 6.40. The van der Waals surface area contributed by atoms with Crippen LogP contribution in [0.15, 0.2) is 65.9 Å². The van der Waals surface area contributed by atoms with Crippen molar-refractivity contribution in [2.45, 2.75) is 84.0 Å². The topological polar surface area (TPSA) is 81.7 Å². The lowest BCUT2D eigenvalue weighted by Gasteiger charge is -2.27. The molecule has 7 heteroatoms. The average Bonchev–Trinajstić information content (AvgIpc) is 3.74. The minimum absolute atomic E-state index is 0.0188. The summed E-state index contributed by atoms with van der Waals surface area (Å²) in [5.41, 5.74) is 7.82. The van der Waals surface area contributed by atoms with Gasteiger partial charge in [0.15, 0.2) is 0 Å². The van der Waals surface area contributed by atoms with Crippen molar-refractivity contribution in [2.75, 3.05) is 0 Å². The number of nitrogens with one attached hydrogen (secondary N) is 1. The van der Waals surface area contributed by atoms with Crippen LogP contribution in [0.5, 0.6) is 0 Å². The van der Waals surface area contributed by atoms with Crippen LogP contribution in [0.25, 0.3) is 28.0 Å². The van der Waals surface area contributed by atoms with Gasteiger partial charge in [-0.25, -0.2) is 4.98 Å². The Balaban J connectivity index is 1.11. The van der Waals surface area contributed by atoms with Gasteiger partial charge in [-0.2, -0.15) is 0 Å². The molecule has 0 aliphatic carbocycles. The lowest BCUT2D eigenvalue weighted by atomic mass is 9.96. The van der Waals surface area contributed by atoms with Crippen molar-refractivity contribution in [3.63, 3.8) is 0 Å². The third kappa shape index (κ3) is 4.78. The van der Waals surface area contributed by atoms with E-state index in [-0.39, 0.29) is 36.0 Å². The predicted molar refractivity (Wildman–Crippen MR) is 158 cm³/mol. The number of H-pyrrole nitrogens is 1. The molecule has 2 aromatic carbocycles. The molecule has 3 aliphatic rings. The number of amides is 2. The van der Waals surface area contributed by atoms with Crippen molar-refractivity contribution in [3.05, 3.63) is 72.3 Å². The number of hydrogen-bond donors (Lipinski definition) is 1. The molecule has 0 radical (unpaired) electrons. The van der Waals surface area contributed by atoms with E-state index in [2.05, 4.69) is 72.3 Å². The van der Waals surface area contributed by atoms with Gasteiger partial charge in [-0.15, -0.1) is 0 Å². The van der Waals surface area contributed by atoms with E-state index in [1.807, 2.05) is 22.2 Å². The lowest BCUT2D eigenvalue weighted by Crippen LogP contribution is -2.42. The van der Waals surface area contributed by atoms with Crippen LogP contribution < -0.4 is 0 Å². The Morgan fingerprint density at radius 1 is 0.750 bits per heavy atom. The van der Waals surface area contributed by atoms with Gasteiger partial charge in [-0.3, -0.25) is 14.6 Å². The second kappa shape index (κ2) is 10.5. The molecule has 206 valence electrons. The number of rotatable bonds is 5. The van der Waals surface area contributed by atoms with Crippen LogP contribution in [0.3, 0.4) is 0 Å². The summed E-state index contributed by atoms with van der Waals surface area (Å²) in [6.45, 7) is 7.53. The number of imidazole rings is 1. The molecule has 2 amide bonds.